The molecule has 3 aromatic heterocycles. The summed E-state index contributed by atoms with van der Waals surface area (Å²) >= 11 is 0. The largest absolute Gasteiger partial charge is 0.478 e. The first-order valence-electron chi connectivity index (χ1n) is 9.46. The predicted octanol–water partition coefficient (Wildman–Crippen LogP) is 4.73. The summed E-state index contributed by atoms with van der Waals surface area (Å²) in [5.41, 5.74) is 5.08. The molecule has 0 saturated carbocycles. The summed E-state index contributed by atoms with van der Waals surface area (Å²) in [5.74, 6) is -1.43. The van der Waals surface area contributed by atoms with Crippen LogP contribution in [0, 0.1) is 12.7 Å². The van der Waals surface area contributed by atoms with Gasteiger partial charge in [0.15, 0.2) is 5.65 Å². The molecule has 4 rings (SSSR count). The fourth-order valence-electron chi connectivity index (χ4n) is 3.48. The summed E-state index contributed by atoms with van der Waals surface area (Å²) in [5, 5.41) is 14.5. The van der Waals surface area contributed by atoms with Gasteiger partial charge in [0.1, 0.15) is 5.82 Å². The Hall–Kier alpha value is -3.87. The van der Waals surface area contributed by atoms with Crippen LogP contribution >= 0.6 is 0 Å². The van der Waals surface area contributed by atoms with Crippen molar-refractivity contribution in [3.63, 3.8) is 0 Å². The van der Waals surface area contributed by atoms with E-state index in [0.29, 0.717) is 29.0 Å². The monoisotopic (exact) mass is 402 g/mol. The minimum absolute atomic E-state index is 0.357. The standard InChI is InChI=1S/C23H19FN4O2/c1-3-28-23-19(13-26-28)21(16-10-14(2)11-25-12-16)18(8-9-20(29)30)22(27-23)15-4-6-17(24)7-5-15/h4-13H,3H2,1-2H3,(H,29,30). The molecular formula is C23H19FN4O2. The maximum atomic E-state index is 13.5. The molecule has 7 heteroatoms. The molecule has 0 aliphatic rings. The summed E-state index contributed by atoms with van der Waals surface area (Å²) in [4.78, 5) is 20.4. The number of rotatable bonds is 5. The molecule has 0 aliphatic heterocycles. The Kier molecular flexibility index (Phi) is 5.10. The van der Waals surface area contributed by atoms with Crippen LogP contribution in [0.5, 0.6) is 0 Å². The minimum atomic E-state index is -1.07. The lowest BCUT2D eigenvalue weighted by atomic mass is 9.93. The van der Waals surface area contributed by atoms with Crippen LogP contribution in [-0.2, 0) is 11.3 Å². The van der Waals surface area contributed by atoms with Gasteiger partial charge >= 0.3 is 5.97 Å². The van der Waals surface area contributed by atoms with Crippen molar-refractivity contribution in [3.8, 4) is 22.4 Å². The van der Waals surface area contributed by atoms with Gasteiger partial charge in [-0.3, -0.25) is 4.98 Å². The number of aromatic nitrogens is 4. The van der Waals surface area contributed by atoms with Crippen molar-refractivity contribution in [3.05, 3.63) is 71.9 Å². The number of hydrogen-bond acceptors (Lipinski definition) is 4. The van der Waals surface area contributed by atoms with Gasteiger partial charge in [0.2, 0.25) is 0 Å². The Labute approximate surface area is 172 Å². The molecule has 6 nitrogen and oxygen atoms in total. The maximum absolute atomic E-state index is 13.5. The summed E-state index contributed by atoms with van der Waals surface area (Å²) in [7, 11) is 0. The van der Waals surface area contributed by atoms with Crippen LogP contribution in [0.25, 0.3) is 39.5 Å². The predicted molar refractivity (Wildman–Crippen MR) is 113 cm³/mol. The van der Waals surface area contributed by atoms with E-state index >= 15 is 0 Å². The van der Waals surface area contributed by atoms with E-state index in [2.05, 4.69) is 10.1 Å². The smallest absolute Gasteiger partial charge is 0.328 e. The van der Waals surface area contributed by atoms with Crippen molar-refractivity contribution in [2.24, 2.45) is 0 Å². The molecule has 150 valence electrons. The topological polar surface area (TPSA) is 80.9 Å². The highest BCUT2D eigenvalue weighted by Gasteiger charge is 2.20. The third kappa shape index (κ3) is 3.57. The van der Waals surface area contributed by atoms with Crippen molar-refractivity contribution in [1.29, 1.82) is 0 Å². The van der Waals surface area contributed by atoms with Crippen LogP contribution in [0.4, 0.5) is 4.39 Å². The number of fused-ring (bicyclic) bond motifs is 1. The normalized spacial score (nSPS) is 11.4. The Bertz CT molecular complexity index is 1280. The van der Waals surface area contributed by atoms with Gasteiger partial charge in [-0.05, 0) is 55.8 Å². The highest BCUT2D eigenvalue weighted by atomic mass is 19.1. The SMILES string of the molecule is CCn1ncc2c(-c3cncc(C)c3)c(C=CC(=O)O)c(-c3ccc(F)cc3)nc21. The number of pyridine rings is 2. The van der Waals surface area contributed by atoms with E-state index in [-0.39, 0.29) is 5.82 Å². The summed E-state index contributed by atoms with van der Waals surface area (Å²) in [6.45, 7) is 4.53. The lowest BCUT2D eigenvalue weighted by Gasteiger charge is -2.14. The second kappa shape index (κ2) is 7.87. The summed E-state index contributed by atoms with van der Waals surface area (Å²) in [6.07, 6.45) is 7.82. The maximum Gasteiger partial charge on any atom is 0.328 e. The number of benzene rings is 1. The molecule has 0 unspecified atom stereocenters. The third-order valence-corrected chi connectivity index (χ3v) is 4.80. The van der Waals surface area contributed by atoms with E-state index in [1.807, 2.05) is 19.9 Å². The van der Waals surface area contributed by atoms with Gasteiger partial charge in [-0.1, -0.05) is 0 Å². The van der Waals surface area contributed by atoms with E-state index in [1.165, 1.54) is 18.2 Å². The van der Waals surface area contributed by atoms with Crippen LogP contribution in [0.3, 0.4) is 0 Å². The molecule has 30 heavy (non-hydrogen) atoms. The highest BCUT2D eigenvalue weighted by molar-refractivity contribution is 6.02. The van der Waals surface area contributed by atoms with Gasteiger partial charge in [0.25, 0.3) is 0 Å². The molecule has 0 radical (unpaired) electrons. The van der Waals surface area contributed by atoms with Crippen LogP contribution in [0.2, 0.25) is 0 Å². The van der Waals surface area contributed by atoms with E-state index in [1.54, 1.807) is 35.4 Å². The number of aryl methyl sites for hydroxylation is 2. The van der Waals surface area contributed by atoms with Crippen molar-refractivity contribution in [2.75, 3.05) is 0 Å². The fourth-order valence-corrected chi connectivity index (χ4v) is 3.48. The average Bonchev–Trinajstić information content (AvgIpc) is 3.14. The van der Waals surface area contributed by atoms with Crippen LogP contribution in [0.1, 0.15) is 18.1 Å². The number of carboxylic acids is 1. The second-order valence-corrected chi connectivity index (χ2v) is 6.88. The average molecular weight is 402 g/mol. The van der Waals surface area contributed by atoms with E-state index in [4.69, 9.17) is 4.98 Å². The van der Waals surface area contributed by atoms with Crippen LogP contribution in [-0.4, -0.2) is 30.8 Å². The lowest BCUT2D eigenvalue weighted by Crippen LogP contribution is -2.01. The first kappa shape index (κ1) is 19.4. The molecule has 0 spiro atoms. The molecule has 0 saturated heterocycles. The van der Waals surface area contributed by atoms with Gasteiger partial charge in [0, 0.05) is 52.7 Å². The molecule has 0 bridgehead atoms. The molecule has 0 amide bonds. The second-order valence-electron chi connectivity index (χ2n) is 6.88. The van der Waals surface area contributed by atoms with Gasteiger partial charge in [-0.2, -0.15) is 5.10 Å². The number of hydrogen-bond donors (Lipinski definition) is 1. The van der Waals surface area contributed by atoms with Crippen LogP contribution < -0.4 is 0 Å². The van der Waals surface area contributed by atoms with E-state index in [9.17, 15) is 14.3 Å². The molecule has 3 heterocycles. The zero-order chi connectivity index (χ0) is 21.3. The summed E-state index contributed by atoms with van der Waals surface area (Å²) < 4.78 is 15.3. The Balaban J connectivity index is 2.14. The van der Waals surface area contributed by atoms with Crippen molar-refractivity contribution < 1.29 is 14.3 Å². The van der Waals surface area contributed by atoms with Crippen molar-refractivity contribution >= 4 is 23.1 Å². The number of nitrogens with zero attached hydrogens (tertiary/aromatic N) is 4. The molecule has 4 aromatic rings. The van der Waals surface area contributed by atoms with Gasteiger partial charge in [0.05, 0.1) is 11.9 Å². The number of aliphatic carboxylic acids is 1. The Morgan fingerprint density at radius 1 is 1.17 bits per heavy atom. The number of carboxylic acid groups (broad SMARTS) is 1. The summed E-state index contributed by atoms with van der Waals surface area (Å²) in [6, 6.07) is 7.96. The number of halogens is 1. The zero-order valence-electron chi connectivity index (χ0n) is 16.5. The van der Waals surface area contributed by atoms with E-state index < -0.39 is 5.97 Å². The first-order chi connectivity index (χ1) is 14.5. The fraction of sp³-hybridized carbons (Fsp3) is 0.130. The minimum Gasteiger partial charge on any atom is -0.478 e. The molecule has 0 aliphatic carbocycles. The highest BCUT2D eigenvalue weighted by Crippen LogP contribution is 2.38. The molecular weight excluding hydrogens is 383 g/mol. The Morgan fingerprint density at radius 3 is 2.60 bits per heavy atom. The Morgan fingerprint density at radius 2 is 1.93 bits per heavy atom. The quantitative estimate of drug-likeness (QED) is 0.488. The zero-order valence-corrected chi connectivity index (χ0v) is 16.5. The number of carbonyl (C=O) groups is 1. The molecule has 0 atom stereocenters. The van der Waals surface area contributed by atoms with Crippen molar-refractivity contribution in [1.82, 2.24) is 19.7 Å². The third-order valence-electron chi connectivity index (χ3n) is 4.80. The first-order valence-corrected chi connectivity index (χ1v) is 9.46. The van der Waals surface area contributed by atoms with Gasteiger partial charge in [-0.15, -0.1) is 0 Å². The van der Waals surface area contributed by atoms with Crippen LogP contribution in [0.15, 0.2) is 55.0 Å². The molecule has 0 fully saturated rings. The van der Waals surface area contributed by atoms with Gasteiger partial charge in [-0.25, -0.2) is 18.9 Å². The van der Waals surface area contributed by atoms with E-state index in [0.717, 1.165) is 28.2 Å². The van der Waals surface area contributed by atoms with Gasteiger partial charge < -0.3 is 5.11 Å². The molecule has 1 N–H and O–H groups in total. The molecule has 1 aromatic carbocycles. The lowest BCUT2D eigenvalue weighted by molar-refractivity contribution is -0.131. The van der Waals surface area contributed by atoms with Crippen molar-refractivity contribution in [2.45, 2.75) is 20.4 Å².